The molecule has 0 saturated heterocycles. The van der Waals surface area contributed by atoms with Crippen LogP contribution >= 0.6 is 15.9 Å². The monoisotopic (exact) mass is 379 g/mol. The molecule has 0 aliphatic heterocycles. The van der Waals surface area contributed by atoms with Crippen molar-refractivity contribution in [2.75, 3.05) is 5.32 Å². The van der Waals surface area contributed by atoms with Gasteiger partial charge in [-0.05, 0) is 43.4 Å². The smallest absolute Gasteiger partial charge is 0.134 e. The average molecular weight is 380 g/mol. The summed E-state index contributed by atoms with van der Waals surface area (Å²) in [5, 5.41) is 3.66. The molecular weight excluding hydrogens is 350 g/mol. The fourth-order valence-corrected chi connectivity index (χ4v) is 3.98. The second-order valence-corrected chi connectivity index (χ2v) is 7.77. The van der Waals surface area contributed by atoms with Crippen LogP contribution in [0.3, 0.4) is 0 Å². The van der Waals surface area contributed by atoms with Crippen molar-refractivity contribution in [2.24, 2.45) is 5.92 Å². The van der Waals surface area contributed by atoms with Gasteiger partial charge in [-0.1, -0.05) is 61.0 Å². The summed E-state index contributed by atoms with van der Waals surface area (Å²) in [5.41, 5.74) is 1.12. The van der Waals surface area contributed by atoms with Gasteiger partial charge in [-0.2, -0.15) is 0 Å². The largest absolute Gasteiger partial charge is 0.382 e. The number of ketones is 1. The zero-order valence-corrected chi connectivity index (χ0v) is 15.9. The van der Waals surface area contributed by atoms with Crippen molar-refractivity contribution in [3.05, 3.63) is 28.7 Å². The van der Waals surface area contributed by atoms with Crippen LogP contribution in [0.4, 0.5) is 5.69 Å². The van der Waals surface area contributed by atoms with E-state index in [-0.39, 0.29) is 0 Å². The van der Waals surface area contributed by atoms with E-state index in [1.165, 1.54) is 44.9 Å². The molecule has 3 heteroatoms. The second kappa shape index (κ2) is 10.1. The van der Waals surface area contributed by atoms with E-state index in [0.717, 1.165) is 23.0 Å². The Morgan fingerprint density at radius 2 is 2.04 bits per heavy atom. The Balaban J connectivity index is 1.97. The Bertz CT molecular complexity index is 482. The van der Waals surface area contributed by atoms with E-state index in [1.807, 2.05) is 12.1 Å². The molecule has 23 heavy (non-hydrogen) atoms. The van der Waals surface area contributed by atoms with Crippen molar-refractivity contribution in [2.45, 2.75) is 77.2 Å². The number of nitrogens with one attached hydrogen (secondary N) is 1. The number of unbranched alkanes of at least 4 members (excludes halogenated alkanes) is 2. The van der Waals surface area contributed by atoms with Crippen molar-refractivity contribution in [3.8, 4) is 0 Å². The van der Waals surface area contributed by atoms with Crippen LogP contribution in [0.25, 0.3) is 0 Å². The van der Waals surface area contributed by atoms with Gasteiger partial charge >= 0.3 is 0 Å². The Labute approximate surface area is 149 Å². The number of anilines is 1. The van der Waals surface area contributed by atoms with Gasteiger partial charge in [0, 0.05) is 29.0 Å². The van der Waals surface area contributed by atoms with Crippen molar-refractivity contribution in [3.63, 3.8) is 0 Å². The molecule has 0 unspecified atom stereocenters. The number of hydrogen-bond acceptors (Lipinski definition) is 2. The normalized spacial score (nSPS) is 17.0. The summed E-state index contributed by atoms with van der Waals surface area (Å²) in [5.74, 6) is 1.06. The van der Waals surface area contributed by atoms with Gasteiger partial charge in [-0.25, -0.2) is 0 Å². The van der Waals surface area contributed by atoms with Crippen molar-refractivity contribution in [1.82, 2.24) is 0 Å². The minimum Gasteiger partial charge on any atom is -0.382 e. The third-order valence-electron chi connectivity index (χ3n) is 4.90. The molecule has 1 N–H and O–H groups in total. The molecule has 1 saturated carbocycles. The standard InChI is InChI=1S/C20H30BrNO/c1-2-3-5-13-19(23)15-20(16-9-6-4-7-10-16)22-18-12-8-11-17(21)14-18/h8,11-12,14,16,20,22H,2-7,9-10,13,15H2,1H3/t20-/m0/s1. The summed E-state index contributed by atoms with van der Waals surface area (Å²) >= 11 is 3.53. The lowest BCUT2D eigenvalue weighted by Gasteiger charge is -2.31. The maximum Gasteiger partial charge on any atom is 0.134 e. The van der Waals surface area contributed by atoms with Crippen LogP contribution in [-0.4, -0.2) is 11.8 Å². The van der Waals surface area contributed by atoms with Crippen molar-refractivity contribution < 1.29 is 4.79 Å². The molecule has 2 rings (SSSR count). The van der Waals surface area contributed by atoms with E-state index in [1.54, 1.807) is 0 Å². The van der Waals surface area contributed by atoms with E-state index >= 15 is 0 Å². The number of halogens is 1. The zero-order valence-electron chi connectivity index (χ0n) is 14.3. The van der Waals surface area contributed by atoms with Gasteiger partial charge in [-0.3, -0.25) is 4.79 Å². The number of carbonyl (C=O) groups is 1. The molecule has 1 fully saturated rings. The number of benzene rings is 1. The quantitative estimate of drug-likeness (QED) is 0.506. The summed E-state index contributed by atoms with van der Waals surface area (Å²) in [6, 6.07) is 8.59. The van der Waals surface area contributed by atoms with Crippen molar-refractivity contribution in [1.29, 1.82) is 0 Å². The summed E-state index contributed by atoms with van der Waals surface area (Å²) in [6.45, 7) is 2.18. The SMILES string of the molecule is CCCCCC(=O)C[C@H](Nc1cccc(Br)c1)C1CCCCC1. The van der Waals surface area contributed by atoms with E-state index in [4.69, 9.17) is 0 Å². The van der Waals surface area contributed by atoms with Crippen LogP contribution in [0.15, 0.2) is 28.7 Å². The first-order valence-corrected chi connectivity index (χ1v) is 10.0. The molecule has 0 aromatic heterocycles. The van der Waals surface area contributed by atoms with Gasteiger partial charge in [0.05, 0.1) is 0 Å². The zero-order chi connectivity index (χ0) is 16.5. The average Bonchev–Trinajstić information content (AvgIpc) is 2.55. The molecule has 1 aliphatic rings. The van der Waals surface area contributed by atoms with Crippen LogP contribution in [0.5, 0.6) is 0 Å². The van der Waals surface area contributed by atoms with Gasteiger partial charge in [0.25, 0.3) is 0 Å². The van der Waals surface area contributed by atoms with Gasteiger partial charge in [0.15, 0.2) is 0 Å². The lowest BCUT2D eigenvalue weighted by Crippen LogP contribution is -2.33. The Morgan fingerprint density at radius 3 is 2.74 bits per heavy atom. The molecule has 1 aromatic carbocycles. The number of Topliss-reactive ketones (excluding diaryl/α,β-unsaturated/α-hetero) is 1. The van der Waals surface area contributed by atoms with Gasteiger partial charge < -0.3 is 5.32 Å². The molecule has 128 valence electrons. The van der Waals surface area contributed by atoms with Crippen LogP contribution in [0, 0.1) is 5.92 Å². The molecule has 0 bridgehead atoms. The molecule has 2 nitrogen and oxygen atoms in total. The maximum atomic E-state index is 12.4. The van der Waals surface area contributed by atoms with Crippen LogP contribution in [0.1, 0.15) is 71.1 Å². The van der Waals surface area contributed by atoms with E-state index in [9.17, 15) is 4.79 Å². The van der Waals surface area contributed by atoms with Gasteiger partial charge in [0.1, 0.15) is 5.78 Å². The Hall–Kier alpha value is -0.830. The Morgan fingerprint density at radius 1 is 1.26 bits per heavy atom. The molecule has 0 amide bonds. The highest BCUT2D eigenvalue weighted by molar-refractivity contribution is 9.10. The number of hydrogen-bond donors (Lipinski definition) is 1. The summed E-state index contributed by atoms with van der Waals surface area (Å²) in [6.07, 6.45) is 11.3. The first-order valence-electron chi connectivity index (χ1n) is 9.23. The number of carbonyl (C=O) groups excluding carboxylic acids is 1. The topological polar surface area (TPSA) is 29.1 Å². The molecule has 1 aromatic rings. The molecule has 0 radical (unpaired) electrons. The van der Waals surface area contributed by atoms with Gasteiger partial charge in [-0.15, -0.1) is 0 Å². The van der Waals surface area contributed by atoms with E-state index in [0.29, 0.717) is 24.2 Å². The fourth-order valence-electron chi connectivity index (χ4n) is 3.58. The summed E-state index contributed by atoms with van der Waals surface area (Å²) < 4.78 is 1.08. The third kappa shape index (κ3) is 6.66. The van der Waals surface area contributed by atoms with Crippen LogP contribution in [0.2, 0.25) is 0 Å². The fraction of sp³-hybridized carbons (Fsp3) is 0.650. The minimum absolute atomic E-state index is 0.290. The van der Waals surface area contributed by atoms with Gasteiger partial charge in [0.2, 0.25) is 0 Å². The predicted octanol–water partition coefficient (Wildman–Crippen LogP) is 6.35. The lowest BCUT2D eigenvalue weighted by atomic mass is 9.81. The summed E-state index contributed by atoms with van der Waals surface area (Å²) in [4.78, 5) is 12.4. The highest BCUT2D eigenvalue weighted by Gasteiger charge is 2.25. The highest BCUT2D eigenvalue weighted by atomic mass is 79.9. The van der Waals surface area contributed by atoms with E-state index < -0.39 is 0 Å². The lowest BCUT2D eigenvalue weighted by molar-refractivity contribution is -0.119. The third-order valence-corrected chi connectivity index (χ3v) is 5.40. The molecule has 1 atom stereocenters. The Kier molecular flexibility index (Phi) is 8.14. The molecule has 1 aliphatic carbocycles. The molecule has 0 heterocycles. The molecule has 0 spiro atoms. The van der Waals surface area contributed by atoms with E-state index in [2.05, 4.69) is 40.3 Å². The predicted molar refractivity (Wildman–Crippen MR) is 102 cm³/mol. The minimum atomic E-state index is 0.290. The first-order chi connectivity index (χ1) is 11.2. The number of rotatable bonds is 9. The molecular formula is C20H30BrNO. The summed E-state index contributed by atoms with van der Waals surface area (Å²) in [7, 11) is 0. The van der Waals surface area contributed by atoms with Crippen molar-refractivity contribution >= 4 is 27.4 Å². The second-order valence-electron chi connectivity index (χ2n) is 6.86. The maximum absolute atomic E-state index is 12.4. The van der Waals surface area contributed by atoms with Crippen LogP contribution in [-0.2, 0) is 4.79 Å². The highest BCUT2D eigenvalue weighted by Crippen LogP contribution is 2.30. The van der Waals surface area contributed by atoms with Crippen LogP contribution < -0.4 is 5.32 Å². The first kappa shape index (κ1) is 18.5.